The van der Waals surface area contributed by atoms with E-state index in [-0.39, 0.29) is 35.3 Å². The summed E-state index contributed by atoms with van der Waals surface area (Å²) in [5.41, 5.74) is 0.540. The molecule has 1 saturated heterocycles. The summed E-state index contributed by atoms with van der Waals surface area (Å²) in [5, 5.41) is 3.26. The number of piperazine rings is 1. The Kier molecular flexibility index (Phi) is 7.68. The zero-order valence-corrected chi connectivity index (χ0v) is 17.7. The quantitative estimate of drug-likeness (QED) is 0.820. The van der Waals surface area contributed by atoms with E-state index in [2.05, 4.69) is 5.32 Å². The molecule has 1 atom stereocenters. The molecule has 0 spiro atoms. The maximum atomic E-state index is 12.9. The van der Waals surface area contributed by atoms with Crippen LogP contribution in [0.4, 0.5) is 0 Å². The van der Waals surface area contributed by atoms with Crippen molar-refractivity contribution in [3.63, 3.8) is 0 Å². The van der Waals surface area contributed by atoms with Crippen molar-refractivity contribution in [2.24, 2.45) is 0 Å². The van der Waals surface area contributed by atoms with Crippen LogP contribution in [0.2, 0.25) is 0 Å². The predicted octanol–water partition coefficient (Wildman–Crippen LogP) is 2.50. The Hall–Kier alpha value is -1.15. The van der Waals surface area contributed by atoms with Crippen LogP contribution in [0.15, 0.2) is 29.2 Å². The summed E-state index contributed by atoms with van der Waals surface area (Å²) < 4.78 is 27.3. The molecule has 0 aromatic heterocycles. The molecule has 152 valence electrons. The largest absolute Gasteiger partial charge is 0.333 e. The normalized spacial score (nSPS) is 21.7. The Balaban J connectivity index is 0.00000261. The van der Waals surface area contributed by atoms with Crippen molar-refractivity contribution in [1.29, 1.82) is 0 Å². The van der Waals surface area contributed by atoms with Gasteiger partial charge in [-0.2, -0.15) is 4.31 Å². The lowest BCUT2D eigenvalue weighted by Gasteiger charge is -2.34. The van der Waals surface area contributed by atoms with Crippen LogP contribution in [0.3, 0.4) is 0 Å². The maximum Gasteiger partial charge on any atom is 0.254 e. The monoisotopic (exact) mass is 415 g/mol. The van der Waals surface area contributed by atoms with Gasteiger partial charge in [-0.05, 0) is 44.0 Å². The minimum atomic E-state index is -3.52. The molecule has 1 heterocycles. The summed E-state index contributed by atoms with van der Waals surface area (Å²) in [6.45, 7) is 4.26. The van der Waals surface area contributed by atoms with Gasteiger partial charge >= 0.3 is 0 Å². The highest BCUT2D eigenvalue weighted by Gasteiger charge is 2.29. The summed E-state index contributed by atoms with van der Waals surface area (Å²) in [5.74, 6) is -0.0383. The first-order chi connectivity index (χ1) is 12.4. The summed E-state index contributed by atoms with van der Waals surface area (Å²) in [4.78, 5) is 14.8. The molecule has 8 heteroatoms. The highest BCUT2D eigenvalue weighted by Crippen LogP contribution is 2.26. The van der Waals surface area contributed by atoms with Gasteiger partial charge < -0.3 is 10.2 Å². The average molecular weight is 416 g/mol. The van der Waals surface area contributed by atoms with Crippen LogP contribution in [-0.4, -0.2) is 62.3 Å². The summed E-state index contributed by atoms with van der Waals surface area (Å²) >= 11 is 0. The van der Waals surface area contributed by atoms with Crippen molar-refractivity contribution in [3.8, 4) is 0 Å². The lowest BCUT2D eigenvalue weighted by molar-refractivity contribution is 0.0655. The highest BCUT2D eigenvalue weighted by atomic mass is 35.5. The second-order valence-electron chi connectivity index (χ2n) is 7.39. The van der Waals surface area contributed by atoms with Crippen LogP contribution in [0.1, 0.15) is 49.4 Å². The third-order valence-corrected chi connectivity index (χ3v) is 7.55. The number of amides is 1. The van der Waals surface area contributed by atoms with Crippen LogP contribution < -0.4 is 5.32 Å². The van der Waals surface area contributed by atoms with Crippen molar-refractivity contribution >= 4 is 28.3 Å². The number of hydrogen-bond acceptors (Lipinski definition) is 4. The number of halogens is 1. The van der Waals surface area contributed by atoms with Crippen LogP contribution in [0.5, 0.6) is 0 Å². The molecule has 1 amide bonds. The molecule has 6 nitrogen and oxygen atoms in total. The molecule has 27 heavy (non-hydrogen) atoms. The standard InChI is InChI=1S/C19H29N3O3S.ClH/c1-15-14-20-12-13-22(15)19(23)16-8-10-18(11-9-16)26(24,25)21(2)17-6-4-3-5-7-17;/h8-11,15,17,20H,3-7,12-14H2,1-2H3;1H/t15-;/m1./s1. The minimum absolute atomic E-state index is 0. The van der Waals surface area contributed by atoms with Crippen molar-refractivity contribution in [3.05, 3.63) is 29.8 Å². The first-order valence-electron chi connectivity index (χ1n) is 9.51. The van der Waals surface area contributed by atoms with E-state index in [0.717, 1.165) is 38.8 Å². The summed E-state index contributed by atoms with van der Waals surface area (Å²) in [6, 6.07) is 6.62. The lowest BCUT2D eigenvalue weighted by atomic mass is 9.96. The molecule has 1 N–H and O–H groups in total. The molecule has 2 aliphatic rings. The second kappa shape index (κ2) is 9.37. The zero-order chi connectivity index (χ0) is 18.7. The van der Waals surface area contributed by atoms with Crippen LogP contribution in [0, 0.1) is 0 Å². The summed E-state index contributed by atoms with van der Waals surface area (Å²) in [6.07, 6.45) is 5.20. The minimum Gasteiger partial charge on any atom is -0.333 e. The van der Waals surface area contributed by atoms with Crippen molar-refractivity contribution in [1.82, 2.24) is 14.5 Å². The third-order valence-electron chi connectivity index (χ3n) is 5.63. The molecular weight excluding hydrogens is 386 g/mol. The van der Waals surface area contributed by atoms with Gasteiger partial charge in [-0.1, -0.05) is 19.3 Å². The van der Waals surface area contributed by atoms with E-state index >= 15 is 0 Å². The third kappa shape index (κ3) is 4.83. The maximum absolute atomic E-state index is 12.9. The predicted molar refractivity (Wildman–Crippen MR) is 109 cm³/mol. The Labute approximate surface area is 168 Å². The van der Waals surface area contributed by atoms with Crippen LogP contribution in [0.25, 0.3) is 0 Å². The molecule has 3 rings (SSSR count). The van der Waals surface area contributed by atoms with Crippen LogP contribution in [-0.2, 0) is 10.0 Å². The number of hydrogen-bond donors (Lipinski definition) is 1. The Bertz CT molecular complexity index is 733. The fraction of sp³-hybridized carbons (Fsp3) is 0.632. The number of carbonyl (C=O) groups excluding carboxylic acids is 1. The lowest BCUT2D eigenvalue weighted by Crippen LogP contribution is -2.52. The molecular formula is C19H30ClN3O3S. The Morgan fingerprint density at radius 3 is 2.37 bits per heavy atom. The zero-order valence-electron chi connectivity index (χ0n) is 16.1. The van der Waals surface area contributed by atoms with E-state index in [9.17, 15) is 13.2 Å². The molecule has 1 aromatic rings. The van der Waals surface area contributed by atoms with Crippen LogP contribution >= 0.6 is 12.4 Å². The molecule has 1 aliphatic carbocycles. The van der Waals surface area contributed by atoms with Crippen molar-refractivity contribution in [2.45, 2.75) is 56.0 Å². The molecule has 0 unspecified atom stereocenters. The van der Waals surface area contributed by atoms with Gasteiger partial charge in [-0.15, -0.1) is 12.4 Å². The SMILES string of the molecule is C[C@@H]1CNCCN1C(=O)c1ccc(S(=O)(=O)N(C)C2CCCCC2)cc1.Cl. The van der Waals surface area contributed by atoms with E-state index < -0.39 is 10.0 Å². The first kappa shape index (κ1) is 22.1. The topological polar surface area (TPSA) is 69.7 Å². The van der Waals surface area contributed by atoms with Crippen molar-refractivity contribution < 1.29 is 13.2 Å². The van der Waals surface area contributed by atoms with E-state index in [1.54, 1.807) is 31.3 Å². The summed E-state index contributed by atoms with van der Waals surface area (Å²) in [7, 11) is -1.84. The molecule has 0 radical (unpaired) electrons. The molecule has 0 bridgehead atoms. The van der Waals surface area contributed by atoms with E-state index in [1.807, 2.05) is 11.8 Å². The number of nitrogens with zero attached hydrogens (tertiary/aromatic N) is 2. The molecule has 1 aromatic carbocycles. The Morgan fingerprint density at radius 1 is 1.15 bits per heavy atom. The van der Waals surface area contributed by atoms with Gasteiger partial charge in [-0.25, -0.2) is 8.42 Å². The van der Waals surface area contributed by atoms with Gasteiger partial charge in [0, 0.05) is 44.3 Å². The van der Waals surface area contributed by atoms with E-state index in [4.69, 9.17) is 0 Å². The van der Waals surface area contributed by atoms with Crippen molar-refractivity contribution in [2.75, 3.05) is 26.7 Å². The number of sulfonamides is 1. The fourth-order valence-corrected chi connectivity index (χ4v) is 5.30. The number of carbonyl (C=O) groups is 1. The second-order valence-corrected chi connectivity index (χ2v) is 9.39. The molecule has 2 fully saturated rings. The number of nitrogens with one attached hydrogen (secondary N) is 1. The van der Waals surface area contributed by atoms with E-state index in [0.29, 0.717) is 12.1 Å². The Morgan fingerprint density at radius 2 is 1.78 bits per heavy atom. The van der Waals surface area contributed by atoms with Gasteiger partial charge in [0.15, 0.2) is 0 Å². The van der Waals surface area contributed by atoms with Gasteiger partial charge in [0.1, 0.15) is 0 Å². The first-order valence-corrected chi connectivity index (χ1v) is 10.9. The van der Waals surface area contributed by atoms with Gasteiger partial charge in [0.2, 0.25) is 10.0 Å². The van der Waals surface area contributed by atoms with Gasteiger partial charge in [0.25, 0.3) is 5.91 Å². The van der Waals surface area contributed by atoms with Gasteiger partial charge in [-0.3, -0.25) is 4.79 Å². The smallest absolute Gasteiger partial charge is 0.254 e. The molecule has 1 saturated carbocycles. The average Bonchev–Trinajstić information content (AvgIpc) is 2.68. The highest BCUT2D eigenvalue weighted by molar-refractivity contribution is 7.89. The molecule has 1 aliphatic heterocycles. The van der Waals surface area contributed by atoms with Gasteiger partial charge in [0.05, 0.1) is 4.90 Å². The number of rotatable bonds is 4. The van der Waals surface area contributed by atoms with E-state index in [1.165, 1.54) is 10.7 Å². The fourth-order valence-electron chi connectivity index (χ4n) is 3.89. The number of benzene rings is 1.